The van der Waals surface area contributed by atoms with Gasteiger partial charge in [-0.15, -0.1) is 0 Å². The molecule has 0 aliphatic carbocycles. The van der Waals surface area contributed by atoms with E-state index in [4.69, 9.17) is 0 Å². The second kappa shape index (κ2) is 4.38. The molecule has 0 bridgehead atoms. The number of aryl methyl sites for hydroxylation is 1. The lowest BCUT2D eigenvalue weighted by atomic mass is 9.97. The van der Waals surface area contributed by atoms with E-state index in [2.05, 4.69) is 18.0 Å². The molecule has 0 amide bonds. The molecule has 0 saturated carbocycles. The van der Waals surface area contributed by atoms with Crippen molar-refractivity contribution < 1.29 is 5.11 Å². The van der Waals surface area contributed by atoms with Crippen LogP contribution in [0.2, 0.25) is 0 Å². The summed E-state index contributed by atoms with van der Waals surface area (Å²) in [6.45, 7) is 5.90. The standard InChI is InChI=1S/C11H17NO/c1-8(6-10(3)13)11-5-4-9(2)12-7-11/h4-5,7-8,10,13H,6H2,1-3H3. The van der Waals surface area contributed by atoms with Crippen molar-refractivity contribution in [3.8, 4) is 0 Å². The molecule has 72 valence electrons. The van der Waals surface area contributed by atoms with Gasteiger partial charge in [0.1, 0.15) is 0 Å². The molecule has 1 aromatic rings. The molecule has 2 atom stereocenters. The highest BCUT2D eigenvalue weighted by molar-refractivity contribution is 5.17. The molecule has 0 fully saturated rings. The van der Waals surface area contributed by atoms with Gasteiger partial charge in [0.15, 0.2) is 0 Å². The minimum atomic E-state index is -0.240. The largest absolute Gasteiger partial charge is 0.393 e. The molecule has 2 nitrogen and oxygen atoms in total. The number of aromatic nitrogens is 1. The fourth-order valence-corrected chi connectivity index (χ4v) is 1.42. The van der Waals surface area contributed by atoms with Crippen molar-refractivity contribution in [2.45, 2.75) is 39.2 Å². The quantitative estimate of drug-likeness (QED) is 0.772. The third kappa shape index (κ3) is 3.15. The van der Waals surface area contributed by atoms with Gasteiger partial charge in [0.25, 0.3) is 0 Å². The topological polar surface area (TPSA) is 33.1 Å². The van der Waals surface area contributed by atoms with Gasteiger partial charge in [-0.1, -0.05) is 13.0 Å². The van der Waals surface area contributed by atoms with E-state index in [1.54, 1.807) is 0 Å². The first-order valence-corrected chi connectivity index (χ1v) is 4.70. The minimum Gasteiger partial charge on any atom is -0.393 e. The first kappa shape index (κ1) is 10.2. The van der Waals surface area contributed by atoms with Gasteiger partial charge in [0, 0.05) is 11.9 Å². The zero-order valence-corrected chi connectivity index (χ0v) is 8.49. The van der Waals surface area contributed by atoms with Crippen molar-refractivity contribution in [3.63, 3.8) is 0 Å². The number of aliphatic hydroxyl groups is 1. The molecule has 2 unspecified atom stereocenters. The SMILES string of the molecule is Cc1ccc(C(C)CC(C)O)cn1. The van der Waals surface area contributed by atoms with E-state index >= 15 is 0 Å². The average Bonchev–Trinajstić information content (AvgIpc) is 2.04. The Bertz CT molecular complexity index is 253. The van der Waals surface area contributed by atoms with Gasteiger partial charge in [0.2, 0.25) is 0 Å². The van der Waals surface area contributed by atoms with Crippen LogP contribution in [-0.2, 0) is 0 Å². The maximum Gasteiger partial charge on any atom is 0.0517 e. The van der Waals surface area contributed by atoms with E-state index in [-0.39, 0.29) is 6.10 Å². The molecule has 13 heavy (non-hydrogen) atoms. The van der Waals surface area contributed by atoms with Gasteiger partial charge in [0.05, 0.1) is 6.10 Å². The zero-order chi connectivity index (χ0) is 9.84. The number of hydrogen-bond acceptors (Lipinski definition) is 2. The van der Waals surface area contributed by atoms with Gasteiger partial charge in [-0.05, 0) is 37.8 Å². The van der Waals surface area contributed by atoms with Crippen LogP contribution in [0.1, 0.15) is 37.4 Å². The van der Waals surface area contributed by atoms with Crippen LogP contribution in [0.3, 0.4) is 0 Å². The summed E-state index contributed by atoms with van der Waals surface area (Å²) in [4.78, 5) is 4.23. The summed E-state index contributed by atoms with van der Waals surface area (Å²) < 4.78 is 0. The van der Waals surface area contributed by atoms with E-state index in [1.165, 1.54) is 5.56 Å². The first-order valence-electron chi connectivity index (χ1n) is 4.70. The summed E-state index contributed by atoms with van der Waals surface area (Å²) in [6, 6.07) is 4.09. The zero-order valence-electron chi connectivity index (χ0n) is 8.49. The Morgan fingerprint density at radius 3 is 2.54 bits per heavy atom. The number of rotatable bonds is 3. The van der Waals surface area contributed by atoms with Crippen molar-refractivity contribution >= 4 is 0 Å². The number of hydrogen-bond donors (Lipinski definition) is 1. The Morgan fingerprint density at radius 1 is 1.38 bits per heavy atom. The number of pyridine rings is 1. The van der Waals surface area contributed by atoms with Gasteiger partial charge in [-0.2, -0.15) is 0 Å². The highest BCUT2D eigenvalue weighted by Gasteiger charge is 2.08. The van der Waals surface area contributed by atoms with Crippen LogP contribution in [0.5, 0.6) is 0 Å². The molecule has 0 spiro atoms. The summed E-state index contributed by atoms with van der Waals surface area (Å²) in [5, 5.41) is 9.22. The Morgan fingerprint density at radius 2 is 2.08 bits per heavy atom. The lowest BCUT2D eigenvalue weighted by molar-refractivity contribution is 0.176. The van der Waals surface area contributed by atoms with Crippen LogP contribution in [0.25, 0.3) is 0 Å². The maximum atomic E-state index is 9.22. The summed E-state index contributed by atoms with van der Waals surface area (Å²) in [5.74, 6) is 0.382. The average molecular weight is 179 g/mol. The Hall–Kier alpha value is -0.890. The second-order valence-electron chi connectivity index (χ2n) is 3.72. The van der Waals surface area contributed by atoms with Gasteiger partial charge in [-0.25, -0.2) is 0 Å². The van der Waals surface area contributed by atoms with E-state index in [0.717, 1.165) is 12.1 Å². The van der Waals surface area contributed by atoms with Crippen molar-refractivity contribution in [3.05, 3.63) is 29.6 Å². The molecule has 1 N–H and O–H groups in total. The first-order chi connectivity index (χ1) is 6.09. The van der Waals surface area contributed by atoms with Gasteiger partial charge < -0.3 is 5.11 Å². The Balaban J connectivity index is 2.66. The molecule has 1 heterocycles. The summed E-state index contributed by atoms with van der Waals surface area (Å²) in [5.41, 5.74) is 2.24. The smallest absolute Gasteiger partial charge is 0.0517 e. The summed E-state index contributed by atoms with van der Waals surface area (Å²) in [6.07, 6.45) is 2.45. The van der Waals surface area contributed by atoms with E-state index in [0.29, 0.717) is 5.92 Å². The molecule has 1 rings (SSSR count). The monoisotopic (exact) mass is 179 g/mol. The van der Waals surface area contributed by atoms with Crippen LogP contribution in [0.4, 0.5) is 0 Å². The molecule has 0 aromatic carbocycles. The predicted octanol–water partition coefficient (Wildman–Crippen LogP) is 2.26. The third-order valence-corrected chi connectivity index (χ3v) is 2.20. The van der Waals surface area contributed by atoms with Crippen LogP contribution in [0, 0.1) is 6.92 Å². The highest BCUT2D eigenvalue weighted by atomic mass is 16.3. The van der Waals surface area contributed by atoms with E-state index < -0.39 is 0 Å². The fraction of sp³-hybridized carbons (Fsp3) is 0.545. The number of aliphatic hydroxyl groups excluding tert-OH is 1. The van der Waals surface area contributed by atoms with Crippen molar-refractivity contribution in [2.75, 3.05) is 0 Å². The van der Waals surface area contributed by atoms with E-state index in [9.17, 15) is 5.11 Å². The Labute approximate surface area is 79.6 Å². The van der Waals surface area contributed by atoms with Crippen molar-refractivity contribution in [2.24, 2.45) is 0 Å². The predicted molar refractivity (Wildman–Crippen MR) is 53.7 cm³/mol. The fourth-order valence-electron chi connectivity index (χ4n) is 1.42. The molecular formula is C11H17NO. The molecule has 0 radical (unpaired) electrons. The van der Waals surface area contributed by atoms with Crippen LogP contribution < -0.4 is 0 Å². The van der Waals surface area contributed by atoms with E-state index in [1.807, 2.05) is 26.1 Å². The third-order valence-electron chi connectivity index (χ3n) is 2.20. The van der Waals surface area contributed by atoms with Crippen LogP contribution in [0.15, 0.2) is 18.3 Å². The molecule has 1 aromatic heterocycles. The van der Waals surface area contributed by atoms with Crippen molar-refractivity contribution in [1.29, 1.82) is 0 Å². The molecule has 0 aliphatic heterocycles. The normalized spacial score (nSPS) is 15.4. The molecule has 0 saturated heterocycles. The van der Waals surface area contributed by atoms with Crippen LogP contribution in [-0.4, -0.2) is 16.2 Å². The summed E-state index contributed by atoms with van der Waals surface area (Å²) in [7, 11) is 0. The second-order valence-corrected chi connectivity index (χ2v) is 3.72. The lowest BCUT2D eigenvalue weighted by Crippen LogP contribution is -2.06. The molecule has 2 heteroatoms. The molecular weight excluding hydrogens is 162 g/mol. The van der Waals surface area contributed by atoms with Gasteiger partial charge in [-0.3, -0.25) is 4.98 Å². The number of nitrogens with zero attached hydrogens (tertiary/aromatic N) is 1. The minimum absolute atomic E-state index is 0.240. The Kier molecular flexibility index (Phi) is 3.43. The molecule has 0 aliphatic rings. The van der Waals surface area contributed by atoms with Crippen molar-refractivity contribution in [1.82, 2.24) is 4.98 Å². The summed E-state index contributed by atoms with van der Waals surface area (Å²) >= 11 is 0. The highest BCUT2D eigenvalue weighted by Crippen LogP contribution is 2.19. The van der Waals surface area contributed by atoms with Gasteiger partial charge >= 0.3 is 0 Å². The lowest BCUT2D eigenvalue weighted by Gasteiger charge is -2.13. The maximum absolute atomic E-state index is 9.22. The van der Waals surface area contributed by atoms with Crippen LogP contribution >= 0.6 is 0 Å².